The lowest BCUT2D eigenvalue weighted by Crippen LogP contribution is -2.55. The van der Waals surface area contributed by atoms with Gasteiger partial charge in [0.1, 0.15) is 5.82 Å². The Morgan fingerprint density at radius 1 is 1.55 bits per heavy atom. The molecule has 1 fully saturated rings. The summed E-state index contributed by atoms with van der Waals surface area (Å²) in [5.74, 6) is -2.77. The molecule has 0 spiro atoms. The van der Waals surface area contributed by atoms with Crippen molar-refractivity contribution in [1.29, 1.82) is 0 Å². The predicted octanol–water partition coefficient (Wildman–Crippen LogP) is 3.53. The number of alkyl halides is 2. The number of anilines is 1. The molecule has 2 rings (SSSR count). The number of hydrogen-bond acceptors (Lipinski definition) is 3. The average molecular weight is 332 g/mol. The van der Waals surface area contributed by atoms with E-state index in [4.69, 9.17) is 11.6 Å². The molecule has 1 aliphatic heterocycles. The fraction of sp³-hybridized carbons (Fsp3) is 0.600. The highest BCUT2D eigenvalue weighted by atomic mass is 35.5. The van der Waals surface area contributed by atoms with Gasteiger partial charge >= 0.3 is 0 Å². The number of rotatable bonds is 3. The van der Waals surface area contributed by atoms with E-state index in [9.17, 15) is 13.6 Å². The topological polar surface area (TPSA) is 45.2 Å². The van der Waals surface area contributed by atoms with Crippen LogP contribution in [0.3, 0.4) is 0 Å². The molecular weight excluding hydrogens is 312 g/mol. The Kier molecular flexibility index (Phi) is 4.90. The Morgan fingerprint density at radius 3 is 2.77 bits per heavy atom. The summed E-state index contributed by atoms with van der Waals surface area (Å²) in [4.78, 5) is 16.5. The summed E-state index contributed by atoms with van der Waals surface area (Å²) in [6, 6.07) is 0.664. The van der Waals surface area contributed by atoms with Gasteiger partial charge in [0.15, 0.2) is 0 Å². The van der Waals surface area contributed by atoms with Gasteiger partial charge < -0.3 is 10.2 Å². The molecule has 122 valence electrons. The van der Waals surface area contributed by atoms with E-state index in [0.717, 1.165) is 5.56 Å². The minimum Gasteiger partial charge on any atom is -0.361 e. The van der Waals surface area contributed by atoms with E-state index >= 15 is 0 Å². The first-order valence-corrected chi connectivity index (χ1v) is 7.64. The zero-order valence-electron chi connectivity index (χ0n) is 12.9. The Labute approximate surface area is 133 Å². The molecule has 0 saturated carbocycles. The normalized spacial score (nSPS) is 21.0. The third kappa shape index (κ3) is 3.66. The van der Waals surface area contributed by atoms with Gasteiger partial charge in [0, 0.05) is 19.7 Å². The SMILES string of the molecule is CC(=O)N1CCC(Nc2cc(C(C)C)c(Cl)cn2)C(F)(F)C1. The minimum absolute atomic E-state index is 0.175. The van der Waals surface area contributed by atoms with Crippen LogP contribution in [0.5, 0.6) is 0 Å². The number of pyridine rings is 1. The van der Waals surface area contributed by atoms with E-state index in [2.05, 4.69) is 10.3 Å². The van der Waals surface area contributed by atoms with Gasteiger partial charge in [-0.2, -0.15) is 0 Å². The zero-order chi connectivity index (χ0) is 16.5. The Bertz CT molecular complexity index is 566. The molecule has 7 heteroatoms. The van der Waals surface area contributed by atoms with Crippen LogP contribution in [0.2, 0.25) is 5.02 Å². The van der Waals surface area contributed by atoms with Crippen molar-refractivity contribution in [3.05, 3.63) is 22.8 Å². The molecule has 0 aromatic carbocycles. The van der Waals surface area contributed by atoms with Crippen molar-refractivity contribution < 1.29 is 13.6 Å². The summed E-state index contributed by atoms with van der Waals surface area (Å²) < 4.78 is 28.4. The van der Waals surface area contributed by atoms with Gasteiger partial charge in [-0.1, -0.05) is 25.4 Å². The highest BCUT2D eigenvalue weighted by molar-refractivity contribution is 6.31. The van der Waals surface area contributed by atoms with Crippen LogP contribution >= 0.6 is 11.6 Å². The van der Waals surface area contributed by atoms with Crippen molar-refractivity contribution in [2.75, 3.05) is 18.4 Å². The molecule has 1 atom stereocenters. The van der Waals surface area contributed by atoms with Crippen LogP contribution in [0, 0.1) is 0 Å². The highest BCUT2D eigenvalue weighted by Crippen LogP contribution is 2.31. The van der Waals surface area contributed by atoms with Crippen molar-refractivity contribution in [2.45, 2.75) is 45.1 Å². The fourth-order valence-electron chi connectivity index (χ4n) is 2.54. The van der Waals surface area contributed by atoms with Crippen LogP contribution in [-0.2, 0) is 4.79 Å². The quantitative estimate of drug-likeness (QED) is 0.921. The van der Waals surface area contributed by atoms with Gasteiger partial charge in [0.05, 0.1) is 17.6 Å². The Hall–Kier alpha value is -1.43. The number of piperidine rings is 1. The number of nitrogens with zero attached hydrogens (tertiary/aromatic N) is 2. The first-order valence-electron chi connectivity index (χ1n) is 7.26. The van der Waals surface area contributed by atoms with Crippen molar-refractivity contribution in [2.24, 2.45) is 0 Å². The molecular formula is C15H20ClF2N3O. The summed E-state index contributed by atoms with van der Waals surface area (Å²) in [6.45, 7) is 5.01. The van der Waals surface area contributed by atoms with Gasteiger partial charge in [0.2, 0.25) is 5.91 Å². The number of nitrogens with one attached hydrogen (secondary N) is 1. The second-order valence-electron chi connectivity index (χ2n) is 5.93. The molecule has 0 radical (unpaired) electrons. The number of carbonyl (C=O) groups is 1. The van der Waals surface area contributed by atoms with E-state index in [1.54, 1.807) is 6.07 Å². The summed E-state index contributed by atoms with van der Waals surface area (Å²) in [5, 5.41) is 3.32. The molecule has 1 N–H and O–H groups in total. The fourth-order valence-corrected chi connectivity index (χ4v) is 2.86. The summed E-state index contributed by atoms with van der Waals surface area (Å²) >= 11 is 6.06. The minimum atomic E-state index is -3.00. The van der Waals surface area contributed by atoms with E-state index in [-0.39, 0.29) is 18.2 Å². The molecule has 22 heavy (non-hydrogen) atoms. The van der Waals surface area contributed by atoms with Crippen LogP contribution in [0.1, 0.15) is 38.7 Å². The van der Waals surface area contributed by atoms with Gasteiger partial charge in [-0.25, -0.2) is 13.8 Å². The second-order valence-corrected chi connectivity index (χ2v) is 6.34. The maximum Gasteiger partial charge on any atom is 0.285 e. The Balaban J connectivity index is 2.14. The number of aromatic nitrogens is 1. The maximum absolute atomic E-state index is 14.2. The lowest BCUT2D eigenvalue weighted by atomic mass is 10.00. The molecule has 1 unspecified atom stereocenters. The van der Waals surface area contributed by atoms with E-state index < -0.39 is 18.5 Å². The monoisotopic (exact) mass is 331 g/mol. The van der Waals surface area contributed by atoms with Gasteiger partial charge in [-0.05, 0) is 24.0 Å². The zero-order valence-corrected chi connectivity index (χ0v) is 13.6. The standard InChI is InChI=1S/C15H20ClF2N3O/c1-9(2)11-6-14(19-7-12(11)16)20-13-4-5-21(10(3)22)8-15(13,17)18/h6-7,9,13H,4-5,8H2,1-3H3,(H,19,20). The summed E-state index contributed by atoms with van der Waals surface area (Å²) in [6.07, 6.45) is 1.65. The van der Waals surface area contributed by atoms with Crippen LogP contribution in [0.4, 0.5) is 14.6 Å². The van der Waals surface area contributed by atoms with Crippen LogP contribution in [0.25, 0.3) is 0 Å². The number of carbonyl (C=O) groups excluding carboxylic acids is 1. The first-order chi connectivity index (χ1) is 10.2. The van der Waals surface area contributed by atoms with E-state index in [0.29, 0.717) is 17.4 Å². The average Bonchev–Trinajstić information content (AvgIpc) is 2.42. The highest BCUT2D eigenvalue weighted by Gasteiger charge is 2.45. The lowest BCUT2D eigenvalue weighted by molar-refractivity contribution is -0.140. The molecule has 4 nitrogen and oxygen atoms in total. The van der Waals surface area contributed by atoms with Crippen LogP contribution in [0.15, 0.2) is 12.3 Å². The van der Waals surface area contributed by atoms with Crippen molar-refractivity contribution in [3.63, 3.8) is 0 Å². The summed E-state index contributed by atoms with van der Waals surface area (Å²) in [5.41, 5.74) is 0.864. The maximum atomic E-state index is 14.2. The van der Waals surface area contributed by atoms with E-state index in [1.807, 2.05) is 13.8 Å². The van der Waals surface area contributed by atoms with Crippen molar-refractivity contribution >= 4 is 23.3 Å². The number of amides is 1. The van der Waals surface area contributed by atoms with Crippen LogP contribution in [-0.4, -0.2) is 40.8 Å². The molecule has 1 saturated heterocycles. The molecule has 2 heterocycles. The predicted molar refractivity (Wildman–Crippen MR) is 82.6 cm³/mol. The van der Waals surface area contributed by atoms with Gasteiger partial charge in [-0.3, -0.25) is 4.79 Å². The van der Waals surface area contributed by atoms with Gasteiger partial charge in [-0.15, -0.1) is 0 Å². The third-order valence-corrected chi connectivity index (χ3v) is 4.19. The van der Waals surface area contributed by atoms with Gasteiger partial charge in [0.25, 0.3) is 5.92 Å². The first kappa shape index (κ1) is 16.9. The lowest BCUT2D eigenvalue weighted by Gasteiger charge is -2.38. The third-order valence-electron chi connectivity index (χ3n) is 3.87. The van der Waals surface area contributed by atoms with Crippen molar-refractivity contribution in [3.8, 4) is 0 Å². The number of hydrogen-bond donors (Lipinski definition) is 1. The molecule has 1 aromatic rings. The van der Waals surface area contributed by atoms with Crippen LogP contribution < -0.4 is 5.32 Å². The Morgan fingerprint density at radius 2 is 2.23 bits per heavy atom. The molecule has 1 amide bonds. The largest absolute Gasteiger partial charge is 0.361 e. The molecule has 0 bridgehead atoms. The molecule has 0 aliphatic carbocycles. The summed E-state index contributed by atoms with van der Waals surface area (Å²) in [7, 11) is 0. The second kappa shape index (κ2) is 6.36. The molecule has 1 aliphatic rings. The smallest absolute Gasteiger partial charge is 0.285 e. The number of halogens is 3. The number of likely N-dealkylation sites (tertiary alicyclic amines) is 1. The van der Waals surface area contributed by atoms with E-state index in [1.165, 1.54) is 18.0 Å². The van der Waals surface area contributed by atoms with Crippen molar-refractivity contribution in [1.82, 2.24) is 9.88 Å². The molecule has 1 aromatic heterocycles.